The van der Waals surface area contributed by atoms with Crippen molar-refractivity contribution in [1.82, 2.24) is 29.9 Å². The third-order valence-electron chi connectivity index (χ3n) is 15.5. The second-order valence-electron chi connectivity index (χ2n) is 21.6. The molecule has 0 spiro atoms. The average Bonchev–Trinajstić information content (AvgIpc) is 1.91. The van der Waals surface area contributed by atoms with Gasteiger partial charge < -0.3 is 54.9 Å². The zero-order chi connectivity index (χ0) is 62.0. The number of benzene rings is 9. The molecule has 6 heterocycles. The van der Waals surface area contributed by atoms with Crippen LogP contribution in [-0.4, -0.2) is 126 Å². The molecule has 0 atom stereocenters. The van der Waals surface area contributed by atoms with Gasteiger partial charge in [0.25, 0.3) is 0 Å². The summed E-state index contributed by atoms with van der Waals surface area (Å²) in [5.74, 6) is 1.79. The van der Waals surface area contributed by atoms with Gasteiger partial charge >= 0.3 is 7.12 Å². The predicted molar refractivity (Wildman–Crippen MR) is 372 cm³/mol. The lowest BCUT2D eigenvalue weighted by molar-refractivity contribution is 0.122. The van der Waals surface area contributed by atoms with E-state index in [2.05, 4.69) is 176 Å². The molecule has 0 amide bonds. The van der Waals surface area contributed by atoms with E-state index in [0.717, 1.165) is 155 Å². The fraction of sp³-hybridized carbons (Fsp3) is 0.167. The summed E-state index contributed by atoms with van der Waals surface area (Å²) in [6.45, 7) is 10.3. The summed E-state index contributed by atoms with van der Waals surface area (Å²) < 4.78 is 17.2. The van der Waals surface area contributed by atoms with Crippen LogP contribution >= 0.6 is 15.9 Å². The van der Waals surface area contributed by atoms with E-state index < -0.39 is 7.12 Å². The lowest BCUT2D eigenvalue weighted by Crippen LogP contribution is -2.36. The standard InChI is InChI=1S/2C24H22N4O.C18H17BrN4O.C6H7BO2/c2*1-2-5-18(6-3-1)22-8-4-7-19-17-25-24(27-23(19)22)26-20-9-11-21(12-10-20)28-13-15-29-16-14-28;19-16-3-1-2-13-12-20-18(22-17(13)16)21-14-4-6-15(7-5-14)23-8-10-24-11-9-23;8-7(9)6-4-2-1-3-5-6/h2*1-12,17H,13-16H2,(H,25,26,27);1-7,12H,8-11H2,(H,20,21,22);1-5,8-9H. The Kier molecular flexibility index (Phi) is 20.6. The summed E-state index contributed by atoms with van der Waals surface area (Å²) in [5, 5.41) is 30.2. The Balaban J connectivity index is 0.000000124. The number of aromatic nitrogens is 6. The molecule has 456 valence electrons. The van der Waals surface area contributed by atoms with E-state index >= 15 is 0 Å². The molecule has 0 bridgehead atoms. The predicted octanol–water partition coefficient (Wildman–Crippen LogP) is 13.1. The minimum absolute atomic E-state index is 0.525. The van der Waals surface area contributed by atoms with Gasteiger partial charge in [0.2, 0.25) is 17.8 Å². The molecule has 91 heavy (non-hydrogen) atoms. The van der Waals surface area contributed by atoms with Crippen LogP contribution in [-0.2, 0) is 14.2 Å². The molecule has 17 nitrogen and oxygen atoms in total. The van der Waals surface area contributed by atoms with Gasteiger partial charge in [-0.25, -0.2) is 29.9 Å². The highest BCUT2D eigenvalue weighted by Crippen LogP contribution is 2.32. The van der Waals surface area contributed by atoms with Gasteiger partial charge in [0.1, 0.15) is 0 Å². The number of hydrogen-bond donors (Lipinski definition) is 5. The molecule has 3 aliphatic rings. The first-order valence-electron chi connectivity index (χ1n) is 30.4. The Hall–Kier alpha value is -9.86. The van der Waals surface area contributed by atoms with E-state index in [-0.39, 0.29) is 0 Å². The van der Waals surface area contributed by atoms with E-state index in [1.165, 1.54) is 17.1 Å². The number of para-hydroxylation sites is 3. The number of anilines is 9. The molecule has 0 saturated carbocycles. The molecular formula is C72H68BBrN12O5. The highest BCUT2D eigenvalue weighted by molar-refractivity contribution is 9.10. The molecule has 0 radical (unpaired) electrons. The minimum atomic E-state index is -1.34. The number of nitrogens with one attached hydrogen (secondary N) is 3. The Labute approximate surface area is 537 Å². The van der Waals surface area contributed by atoms with Gasteiger partial charge in [0.05, 0.1) is 56.2 Å². The third-order valence-corrected chi connectivity index (χ3v) is 16.2. The molecule has 19 heteroatoms. The second kappa shape index (κ2) is 30.6. The van der Waals surface area contributed by atoms with Crippen LogP contribution in [0.25, 0.3) is 55.0 Å². The van der Waals surface area contributed by atoms with Gasteiger partial charge in [0.15, 0.2) is 0 Å². The normalized spacial score (nSPS) is 13.8. The molecule has 3 aromatic heterocycles. The third kappa shape index (κ3) is 16.3. The van der Waals surface area contributed by atoms with Crippen molar-refractivity contribution in [3.8, 4) is 22.3 Å². The monoisotopic (exact) mass is 1270 g/mol. The molecule has 12 aromatic rings. The lowest BCUT2D eigenvalue weighted by atomic mass is 9.81. The number of nitrogens with zero attached hydrogens (tertiary/aromatic N) is 9. The number of halogens is 1. The van der Waals surface area contributed by atoms with Crippen LogP contribution < -0.4 is 36.1 Å². The second-order valence-corrected chi connectivity index (χ2v) is 22.4. The molecule has 9 aromatic carbocycles. The Morgan fingerprint density at radius 1 is 0.352 bits per heavy atom. The molecule has 3 aliphatic heterocycles. The summed E-state index contributed by atoms with van der Waals surface area (Å²) in [5.41, 5.74) is 14.4. The zero-order valence-electron chi connectivity index (χ0n) is 50.1. The number of hydrogen-bond acceptors (Lipinski definition) is 17. The quantitative estimate of drug-likeness (QED) is 0.0725. The van der Waals surface area contributed by atoms with Crippen LogP contribution in [0.5, 0.6) is 0 Å². The first-order chi connectivity index (χ1) is 44.8. The van der Waals surface area contributed by atoms with Gasteiger partial charge in [-0.3, -0.25) is 0 Å². The van der Waals surface area contributed by atoms with E-state index in [4.69, 9.17) is 34.2 Å². The van der Waals surface area contributed by atoms with Crippen LogP contribution in [0.1, 0.15) is 0 Å². The maximum absolute atomic E-state index is 8.58. The summed E-state index contributed by atoms with van der Waals surface area (Å²) >= 11 is 3.54. The van der Waals surface area contributed by atoms with Crippen LogP contribution in [0.4, 0.5) is 52.0 Å². The lowest BCUT2D eigenvalue weighted by Gasteiger charge is -2.28. The number of ether oxygens (including phenoxy) is 3. The zero-order valence-corrected chi connectivity index (χ0v) is 51.7. The first kappa shape index (κ1) is 61.4. The van der Waals surface area contributed by atoms with Gasteiger partial charge in [-0.2, -0.15) is 0 Å². The van der Waals surface area contributed by atoms with E-state index in [1.807, 2.05) is 104 Å². The first-order valence-corrected chi connectivity index (χ1v) is 31.2. The van der Waals surface area contributed by atoms with Crippen molar-refractivity contribution >= 4 is 113 Å². The molecule has 0 aliphatic carbocycles. The van der Waals surface area contributed by atoms with Crippen LogP contribution in [0, 0.1) is 0 Å². The van der Waals surface area contributed by atoms with Crippen LogP contribution in [0.15, 0.2) is 241 Å². The van der Waals surface area contributed by atoms with Crippen molar-refractivity contribution in [3.05, 3.63) is 241 Å². The van der Waals surface area contributed by atoms with Gasteiger partial charge in [0, 0.05) is 124 Å². The highest BCUT2D eigenvalue weighted by Gasteiger charge is 2.16. The number of rotatable bonds is 12. The van der Waals surface area contributed by atoms with Crippen LogP contribution in [0.3, 0.4) is 0 Å². The van der Waals surface area contributed by atoms with Crippen molar-refractivity contribution in [3.63, 3.8) is 0 Å². The van der Waals surface area contributed by atoms with Crippen molar-refractivity contribution in [2.24, 2.45) is 0 Å². The maximum atomic E-state index is 8.58. The average molecular weight is 1270 g/mol. The molecule has 0 unspecified atom stereocenters. The van der Waals surface area contributed by atoms with E-state index in [9.17, 15) is 0 Å². The maximum Gasteiger partial charge on any atom is 0.488 e. The van der Waals surface area contributed by atoms with Crippen molar-refractivity contribution in [2.75, 3.05) is 110 Å². The summed E-state index contributed by atoms with van der Waals surface area (Å²) in [4.78, 5) is 34.6. The molecular weight excluding hydrogens is 1200 g/mol. The van der Waals surface area contributed by atoms with E-state index in [1.54, 1.807) is 24.3 Å². The van der Waals surface area contributed by atoms with Crippen molar-refractivity contribution in [1.29, 1.82) is 0 Å². The van der Waals surface area contributed by atoms with Crippen molar-refractivity contribution < 1.29 is 24.3 Å². The highest BCUT2D eigenvalue weighted by atomic mass is 79.9. The number of fused-ring (bicyclic) bond motifs is 3. The van der Waals surface area contributed by atoms with Crippen molar-refractivity contribution in [2.45, 2.75) is 0 Å². The molecule has 3 fully saturated rings. The summed E-state index contributed by atoms with van der Waals surface area (Å²) in [6.07, 6.45) is 5.58. The largest absolute Gasteiger partial charge is 0.488 e. The molecule has 15 rings (SSSR count). The summed E-state index contributed by atoms with van der Waals surface area (Å²) in [6, 6.07) is 72.8. The smallest absolute Gasteiger partial charge is 0.423 e. The Bertz CT molecular complexity index is 4080. The molecule has 5 N–H and O–H groups in total. The summed E-state index contributed by atoms with van der Waals surface area (Å²) in [7, 11) is -1.34. The fourth-order valence-corrected chi connectivity index (χ4v) is 11.2. The fourth-order valence-electron chi connectivity index (χ4n) is 10.8. The van der Waals surface area contributed by atoms with Gasteiger partial charge in [-0.05, 0) is 111 Å². The SMILES string of the molecule is Brc1cccc2cnc(Nc3ccc(N4CCOCC4)cc3)nc12.OB(O)c1ccccc1.c1ccc(-c2cccc3cnc(Nc4ccc(N5CCOCC5)cc4)nc23)cc1.c1ccc(-c2cccc3cnc(Nc4ccc(N5CCOCC5)cc4)nc23)cc1. The Morgan fingerprint density at radius 3 is 1.01 bits per heavy atom. The van der Waals surface area contributed by atoms with E-state index in [0.29, 0.717) is 23.3 Å². The molecule has 3 saturated heterocycles. The van der Waals surface area contributed by atoms with Gasteiger partial charge in [-0.1, -0.05) is 140 Å². The topological polar surface area (TPSA) is 191 Å². The van der Waals surface area contributed by atoms with Gasteiger partial charge in [-0.15, -0.1) is 0 Å². The Morgan fingerprint density at radius 2 is 0.670 bits per heavy atom. The number of morpholine rings is 3. The van der Waals surface area contributed by atoms with Crippen LogP contribution in [0.2, 0.25) is 0 Å². The minimum Gasteiger partial charge on any atom is -0.423 e.